The van der Waals surface area contributed by atoms with Crippen LogP contribution in [0.3, 0.4) is 0 Å². The number of rotatable bonds is 3. The third kappa shape index (κ3) is 3.17. The summed E-state index contributed by atoms with van der Waals surface area (Å²) in [6.45, 7) is 0. The fourth-order valence-corrected chi connectivity index (χ4v) is 3.60. The molecule has 2 aromatic heterocycles. The molecule has 0 atom stereocenters. The van der Waals surface area contributed by atoms with Gasteiger partial charge < -0.3 is 0 Å². The summed E-state index contributed by atoms with van der Waals surface area (Å²) in [5, 5.41) is 10.0. The zero-order chi connectivity index (χ0) is 14.7. The Morgan fingerprint density at radius 3 is 2.76 bits per heavy atom. The molecule has 3 nitrogen and oxygen atoms in total. The summed E-state index contributed by atoms with van der Waals surface area (Å²) in [4.78, 5) is 6.64. The van der Waals surface area contributed by atoms with E-state index in [1.54, 1.807) is 18.4 Å². The van der Waals surface area contributed by atoms with Crippen molar-refractivity contribution in [3.63, 3.8) is 0 Å². The van der Waals surface area contributed by atoms with Crippen LogP contribution in [0, 0.1) is 11.3 Å². The Hall–Kier alpha value is -2.05. The molecule has 5 heteroatoms. The first-order valence-electron chi connectivity index (χ1n) is 6.13. The molecule has 0 unspecified atom stereocenters. The topological polar surface area (TPSA) is 49.8 Å². The predicted molar refractivity (Wildman–Crippen MR) is 83.8 cm³/mol. The molecule has 0 saturated carbocycles. The Morgan fingerprint density at radius 1 is 1.29 bits per heavy atom. The van der Waals surface area contributed by atoms with Gasteiger partial charge in [-0.15, -0.1) is 0 Å². The standard InChI is InChI=1S/C16H9ClN2OSe/c17-13-5-3-11(4-6-13)15-10-21-16(19-15)12(9-18)8-14-2-1-7-20-14/h1-8,10H. The number of benzene rings is 1. The van der Waals surface area contributed by atoms with Gasteiger partial charge in [0.05, 0.1) is 0 Å². The van der Waals surface area contributed by atoms with Crippen molar-refractivity contribution in [1.82, 2.24) is 4.98 Å². The Kier molecular flexibility index (Phi) is 4.08. The van der Waals surface area contributed by atoms with Crippen LogP contribution in [-0.2, 0) is 0 Å². The molecule has 0 bridgehead atoms. The molecule has 0 aliphatic rings. The van der Waals surface area contributed by atoms with Gasteiger partial charge in [0.2, 0.25) is 0 Å². The van der Waals surface area contributed by atoms with Crippen molar-refractivity contribution in [2.45, 2.75) is 0 Å². The number of nitriles is 1. The molecule has 0 N–H and O–H groups in total. The van der Waals surface area contributed by atoms with Crippen LogP contribution in [0.25, 0.3) is 22.9 Å². The van der Waals surface area contributed by atoms with Crippen molar-refractivity contribution in [2.75, 3.05) is 0 Å². The van der Waals surface area contributed by atoms with Crippen LogP contribution in [0.2, 0.25) is 5.02 Å². The van der Waals surface area contributed by atoms with Gasteiger partial charge in [-0.1, -0.05) is 0 Å². The summed E-state index contributed by atoms with van der Waals surface area (Å²) in [6.07, 6.45) is 3.30. The van der Waals surface area contributed by atoms with Crippen molar-refractivity contribution in [2.24, 2.45) is 0 Å². The molecular weight excluding hydrogens is 351 g/mol. The summed E-state index contributed by atoms with van der Waals surface area (Å²) in [6, 6.07) is 13.3. The molecule has 3 aromatic rings. The first-order chi connectivity index (χ1) is 10.3. The number of allylic oxidation sites excluding steroid dienone is 1. The Morgan fingerprint density at radius 2 is 2.10 bits per heavy atom. The zero-order valence-corrected chi connectivity index (χ0v) is 13.3. The Bertz CT molecular complexity index is 811. The molecular formula is C16H9ClN2OSe. The second-order valence-corrected chi connectivity index (χ2v) is 6.47. The van der Waals surface area contributed by atoms with E-state index in [1.165, 1.54) is 0 Å². The Balaban J connectivity index is 1.94. The van der Waals surface area contributed by atoms with Crippen molar-refractivity contribution >= 4 is 37.8 Å². The van der Waals surface area contributed by atoms with Crippen LogP contribution in [0.5, 0.6) is 0 Å². The average Bonchev–Trinajstić information content (AvgIpc) is 3.17. The predicted octanol–water partition coefficient (Wildman–Crippen LogP) is 4.12. The minimum absolute atomic E-state index is 0.0448. The number of nitrogens with zero attached hydrogens (tertiary/aromatic N) is 2. The average molecular weight is 360 g/mol. The van der Waals surface area contributed by atoms with Gasteiger partial charge in [-0.3, -0.25) is 0 Å². The third-order valence-corrected chi connectivity index (χ3v) is 4.91. The van der Waals surface area contributed by atoms with E-state index in [0.29, 0.717) is 16.4 Å². The fourth-order valence-electron chi connectivity index (χ4n) is 1.81. The molecule has 0 fully saturated rings. The molecule has 102 valence electrons. The second kappa shape index (κ2) is 6.15. The van der Waals surface area contributed by atoms with Gasteiger partial charge in [0.25, 0.3) is 0 Å². The molecule has 1 aromatic carbocycles. The van der Waals surface area contributed by atoms with Crippen molar-refractivity contribution in [3.8, 4) is 17.3 Å². The van der Waals surface area contributed by atoms with Crippen LogP contribution < -0.4 is 0 Å². The van der Waals surface area contributed by atoms with Gasteiger partial charge in [-0.05, 0) is 0 Å². The van der Waals surface area contributed by atoms with Crippen LogP contribution in [-0.4, -0.2) is 19.5 Å². The second-order valence-electron chi connectivity index (χ2n) is 4.23. The fraction of sp³-hybridized carbons (Fsp3) is 0. The number of hydrogen-bond donors (Lipinski definition) is 0. The van der Waals surface area contributed by atoms with E-state index < -0.39 is 0 Å². The quantitative estimate of drug-likeness (QED) is 0.522. The monoisotopic (exact) mass is 360 g/mol. The molecule has 21 heavy (non-hydrogen) atoms. The molecule has 0 aliphatic carbocycles. The van der Waals surface area contributed by atoms with Crippen molar-refractivity contribution in [3.05, 3.63) is 63.0 Å². The maximum absolute atomic E-state index is 9.31. The van der Waals surface area contributed by atoms with E-state index in [2.05, 4.69) is 16.0 Å². The van der Waals surface area contributed by atoms with E-state index in [9.17, 15) is 5.26 Å². The molecule has 0 amide bonds. The molecule has 2 heterocycles. The van der Waals surface area contributed by atoms with Gasteiger partial charge >= 0.3 is 133 Å². The van der Waals surface area contributed by atoms with Crippen LogP contribution in [0.1, 0.15) is 10.3 Å². The molecule has 0 aliphatic heterocycles. The first kappa shape index (κ1) is 13.9. The molecule has 0 radical (unpaired) electrons. The van der Waals surface area contributed by atoms with E-state index in [1.807, 2.05) is 30.3 Å². The zero-order valence-electron chi connectivity index (χ0n) is 10.8. The van der Waals surface area contributed by atoms with E-state index in [4.69, 9.17) is 16.0 Å². The summed E-state index contributed by atoms with van der Waals surface area (Å²) >= 11 is 5.93. The third-order valence-electron chi connectivity index (χ3n) is 2.82. The van der Waals surface area contributed by atoms with Crippen molar-refractivity contribution < 1.29 is 4.42 Å². The van der Waals surface area contributed by atoms with Gasteiger partial charge in [0, 0.05) is 0 Å². The minimum atomic E-state index is 0.0448. The summed E-state index contributed by atoms with van der Waals surface area (Å²) in [5.41, 5.74) is 2.44. The molecule has 0 spiro atoms. The Labute approximate surface area is 132 Å². The normalized spacial score (nSPS) is 11.3. The summed E-state index contributed by atoms with van der Waals surface area (Å²) in [7, 11) is 0. The van der Waals surface area contributed by atoms with E-state index in [0.717, 1.165) is 15.8 Å². The number of hydrogen-bond acceptors (Lipinski definition) is 3. The van der Waals surface area contributed by atoms with Gasteiger partial charge in [-0.2, -0.15) is 0 Å². The van der Waals surface area contributed by atoms with Crippen LogP contribution >= 0.6 is 11.6 Å². The van der Waals surface area contributed by atoms with Gasteiger partial charge in [-0.25, -0.2) is 0 Å². The van der Waals surface area contributed by atoms with Crippen molar-refractivity contribution in [1.29, 1.82) is 5.26 Å². The summed E-state index contributed by atoms with van der Waals surface area (Å²) < 4.78 is 6.05. The number of halogens is 1. The van der Waals surface area contributed by atoms with Crippen LogP contribution in [0.4, 0.5) is 0 Å². The molecule has 0 saturated heterocycles. The SMILES string of the molecule is N#CC(=Cc1ccco1)c1nc(-c2ccc(Cl)cc2)c[se]1. The van der Waals surface area contributed by atoms with E-state index >= 15 is 0 Å². The van der Waals surface area contributed by atoms with Crippen LogP contribution in [0.15, 0.2) is 52.0 Å². The summed E-state index contributed by atoms with van der Waals surface area (Å²) in [5.74, 6) is 0.657. The number of aromatic nitrogens is 1. The van der Waals surface area contributed by atoms with Gasteiger partial charge in [0.1, 0.15) is 0 Å². The molecule has 3 rings (SSSR count). The maximum atomic E-state index is 9.31. The first-order valence-corrected chi connectivity index (χ1v) is 8.36. The van der Waals surface area contributed by atoms with E-state index in [-0.39, 0.29) is 14.5 Å². The van der Waals surface area contributed by atoms with Gasteiger partial charge in [0.15, 0.2) is 0 Å². The number of furan rings is 1.